The molecule has 1 aromatic carbocycles. The van der Waals surface area contributed by atoms with Crippen LogP contribution < -0.4 is 20.7 Å². The van der Waals surface area contributed by atoms with Gasteiger partial charge < -0.3 is 20.7 Å². The molecule has 7 nitrogen and oxygen atoms in total. The quantitative estimate of drug-likeness (QED) is 0.288. The number of carbonyl (C=O) groups excluding carboxylic acids is 1. The molecule has 0 atom stereocenters. The minimum Gasteiger partial charge on any atom is -0.496 e. The number of hydrogen-bond acceptors (Lipinski definition) is 4. The molecule has 0 unspecified atom stereocenters. The van der Waals surface area contributed by atoms with Crippen molar-refractivity contribution in [2.24, 2.45) is 4.99 Å². The largest absolute Gasteiger partial charge is 0.496 e. The minimum atomic E-state index is -0.0937. The molecule has 2 rings (SSSR count). The number of halogens is 1. The summed E-state index contributed by atoms with van der Waals surface area (Å²) in [5.41, 5.74) is 3.40. The number of methoxy groups -OCH3 is 1. The molecule has 1 amide bonds. The van der Waals surface area contributed by atoms with E-state index in [1.54, 1.807) is 26.4 Å². The van der Waals surface area contributed by atoms with E-state index >= 15 is 0 Å². The van der Waals surface area contributed by atoms with Crippen LogP contribution in [0.2, 0.25) is 0 Å². The van der Waals surface area contributed by atoms with Gasteiger partial charge in [-0.2, -0.15) is 0 Å². The van der Waals surface area contributed by atoms with Crippen LogP contribution in [0.25, 0.3) is 0 Å². The Morgan fingerprint density at radius 1 is 1.10 bits per heavy atom. The molecule has 158 valence electrons. The van der Waals surface area contributed by atoms with E-state index in [0.29, 0.717) is 31.3 Å². The number of rotatable bonds is 8. The highest BCUT2D eigenvalue weighted by atomic mass is 127. The van der Waals surface area contributed by atoms with Crippen LogP contribution in [0.5, 0.6) is 5.75 Å². The topological polar surface area (TPSA) is 87.6 Å². The summed E-state index contributed by atoms with van der Waals surface area (Å²) in [7, 11) is 3.39. The first-order valence-corrected chi connectivity index (χ1v) is 9.32. The predicted molar refractivity (Wildman–Crippen MR) is 128 cm³/mol. The monoisotopic (exact) mass is 511 g/mol. The Hall–Kier alpha value is -2.36. The zero-order valence-electron chi connectivity index (χ0n) is 17.4. The Kier molecular flexibility index (Phi) is 11.0. The van der Waals surface area contributed by atoms with Crippen molar-refractivity contribution < 1.29 is 9.53 Å². The second kappa shape index (κ2) is 13.0. The normalized spacial score (nSPS) is 10.7. The van der Waals surface area contributed by atoms with E-state index in [1.807, 2.05) is 25.1 Å². The van der Waals surface area contributed by atoms with Gasteiger partial charge >= 0.3 is 0 Å². The number of aryl methyl sites for hydroxylation is 2. The smallest absolute Gasteiger partial charge is 0.227 e. The fourth-order valence-corrected chi connectivity index (χ4v) is 2.68. The number of guanidine groups is 1. The average molecular weight is 511 g/mol. The molecular weight excluding hydrogens is 481 g/mol. The highest BCUT2D eigenvalue weighted by molar-refractivity contribution is 14.0. The number of anilines is 1. The lowest BCUT2D eigenvalue weighted by atomic mass is 10.1. The molecule has 0 aliphatic carbocycles. The lowest BCUT2D eigenvalue weighted by Gasteiger charge is -2.13. The van der Waals surface area contributed by atoms with Crippen molar-refractivity contribution in [3.8, 4) is 5.75 Å². The molecule has 8 heteroatoms. The number of nitrogens with one attached hydrogen (secondary N) is 3. The number of hydrogen-bond donors (Lipinski definition) is 3. The van der Waals surface area contributed by atoms with Crippen molar-refractivity contribution in [2.45, 2.75) is 26.7 Å². The van der Waals surface area contributed by atoms with E-state index in [1.165, 1.54) is 5.56 Å². The fraction of sp³-hybridized carbons (Fsp3) is 0.381. The predicted octanol–water partition coefficient (Wildman–Crippen LogP) is 3.06. The summed E-state index contributed by atoms with van der Waals surface area (Å²) in [4.78, 5) is 20.4. The minimum absolute atomic E-state index is 0. The Morgan fingerprint density at radius 3 is 2.48 bits per heavy atom. The van der Waals surface area contributed by atoms with E-state index in [2.05, 4.69) is 38.9 Å². The van der Waals surface area contributed by atoms with Gasteiger partial charge in [0.25, 0.3) is 0 Å². The van der Waals surface area contributed by atoms with E-state index in [4.69, 9.17) is 4.74 Å². The van der Waals surface area contributed by atoms with Crippen molar-refractivity contribution in [1.82, 2.24) is 15.6 Å². The summed E-state index contributed by atoms with van der Waals surface area (Å²) in [5, 5.41) is 9.18. The summed E-state index contributed by atoms with van der Waals surface area (Å²) in [6, 6.07) is 9.85. The molecule has 0 bridgehead atoms. The van der Waals surface area contributed by atoms with E-state index in [0.717, 1.165) is 23.3 Å². The molecule has 0 spiro atoms. The maximum Gasteiger partial charge on any atom is 0.227 e. The lowest BCUT2D eigenvalue weighted by Crippen LogP contribution is -2.39. The summed E-state index contributed by atoms with van der Waals surface area (Å²) in [5.74, 6) is 2.01. The number of aromatic nitrogens is 1. The van der Waals surface area contributed by atoms with Crippen LogP contribution in [0.3, 0.4) is 0 Å². The zero-order valence-corrected chi connectivity index (χ0v) is 19.7. The van der Waals surface area contributed by atoms with Gasteiger partial charge in [-0.1, -0.05) is 23.8 Å². The summed E-state index contributed by atoms with van der Waals surface area (Å²) in [6.45, 7) is 5.20. The molecule has 1 aromatic heterocycles. The first-order chi connectivity index (χ1) is 13.5. The Bertz CT molecular complexity index is 809. The number of nitrogens with zero attached hydrogens (tertiary/aromatic N) is 2. The standard InChI is InChI=1S/C21H29N5O2.HI/c1-15-5-7-18(28-4)17(13-15)9-11-23-21(22-3)24-12-10-20(27)26-19-8-6-16(2)14-25-19;/h5-8,13-14H,9-12H2,1-4H3,(H2,22,23,24)(H,25,26,27);1H. The number of ether oxygens (including phenoxy) is 1. The molecule has 0 aliphatic rings. The Balaban J connectivity index is 0.00000420. The zero-order chi connectivity index (χ0) is 20.4. The first-order valence-electron chi connectivity index (χ1n) is 9.32. The van der Waals surface area contributed by atoms with Crippen LogP contribution in [0.15, 0.2) is 41.5 Å². The van der Waals surface area contributed by atoms with Gasteiger partial charge in [0.1, 0.15) is 11.6 Å². The van der Waals surface area contributed by atoms with Crippen LogP contribution >= 0.6 is 24.0 Å². The van der Waals surface area contributed by atoms with E-state index < -0.39 is 0 Å². The van der Waals surface area contributed by atoms with Gasteiger partial charge in [-0.3, -0.25) is 9.79 Å². The average Bonchev–Trinajstić information content (AvgIpc) is 2.68. The summed E-state index contributed by atoms with van der Waals surface area (Å²) >= 11 is 0. The molecule has 0 saturated heterocycles. The molecule has 3 N–H and O–H groups in total. The number of pyridine rings is 1. The molecular formula is C21H30IN5O2. The van der Waals surface area contributed by atoms with Crippen molar-refractivity contribution in [3.05, 3.63) is 53.2 Å². The van der Waals surface area contributed by atoms with Crippen LogP contribution in [-0.2, 0) is 11.2 Å². The van der Waals surface area contributed by atoms with Gasteiger partial charge in [-0.25, -0.2) is 4.98 Å². The second-order valence-corrected chi connectivity index (χ2v) is 6.51. The second-order valence-electron chi connectivity index (χ2n) is 6.51. The lowest BCUT2D eigenvalue weighted by molar-refractivity contribution is -0.116. The molecule has 2 aromatic rings. The van der Waals surface area contributed by atoms with Crippen molar-refractivity contribution in [3.63, 3.8) is 0 Å². The maximum atomic E-state index is 12.0. The van der Waals surface area contributed by atoms with Gasteiger partial charge in [-0.05, 0) is 43.5 Å². The van der Waals surface area contributed by atoms with Crippen molar-refractivity contribution in [1.29, 1.82) is 0 Å². The first kappa shape index (κ1) is 24.7. The molecule has 0 aliphatic heterocycles. The number of amides is 1. The van der Waals surface area contributed by atoms with Crippen molar-refractivity contribution >= 4 is 41.7 Å². The maximum absolute atomic E-state index is 12.0. The third-order valence-electron chi connectivity index (χ3n) is 4.17. The van der Waals surface area contributed by atoms with Crippen LogP contribution in [0.1, 0.15) is 23.1 Å². The highest BCUT2D eigenvalue weighted by Crippen LogP contribution is 2.19. The van der Waals surface area contributed by atoms with E-state index in [9.17, 15) is 4.79 Å². The molecule has 0 radical (unpaired) electrons. The van der Waals surface area contributed by atoms with Crippen LogP contribution in [-0.4, -0.2) is 44.1 Å². The van der Waals surface area contributed by atoms with Crippen LogP contribution in [0, 0.1) is 13.8 Å². The van der Waals surface area contributed by atoms with E-state index in [-0.39, 0.29) is 29.9 Å². The van der Waals surface area contributed by atoms with Gasteiger partial charge in [0.05, 0.1) is 7.11 Å². The molecule has 29 heavy (non-hydrogen) atoms. The van der Waals surface area contributed by atoms with Gasteiger partial charge in [-0.15, -0.1) is 24.0 Å². The Labute approximate surface area is 189 Å². The SMILES string of the molecule is CN=C(NCCC(=O)Nc1ccc(C)cn1)NCCc1cc(C)ccc1OC.I. The number of carbonyl (C=O) groups is 1. The Morgan fingerprint density at radius 2 is 1.83 bits per heavy atom. The molecule has 0 saturated carbocycles. The van der Waals surface area contributed by atoms with Gasteiger partial charge in [0, 0.05) is 32.8 Å². The third-order valence-corrected chi connectivity index (χ3v) is 4.17. The highest BCUT2D eigenvalue weighted by Gasteiger charge is 2.06. The number of benzene rings is 1. The molecule has 1 heterocycles. The van der Waals surface area contributed by atoms with Gasteiger partial charge in [0.2, 0.25) is 5.91 Å². The summed E-state index contributed by atoms with van der Waals surface area (Å²) in [6.07, 6.45) is 2.86. The number of aliphatic imine (C=N–C) groups is 1. The summed E-state index contributed by atoms with van der Waals surface area (Å²) < 4.78 is 5.41. The third kappa shape index (κ3) is 8.68. The van der Waals surface area contributed by atoms with Gasteiger partial charge in [0.15, 0.2) is 5.96 Å². The van der Waals surface area contributed by atoms with Crippen LogP contribution in [0.4, 0.5) is 5.82 Å². The molecule has 0 fully saturated rings. The van der Waals surface area contributed by atoms with Crippen molar-refractivity contribution in [2.75, 3.05) is 32.6 Å². The fourth-order valence-electron chi connectivity index (χ4n) is 2.68.